The molecule has 1 rings (SSSR count). The molecule has 2 amide bonds. The van der Waals surface area contributed by atoms with Gasteiger partial charge in [0.1, 0.15) is 0 Å². The van der Waals surface area contributed by atoms with Crippen LogP contribution in [-0.2, 0) is 9.59 Å². The average Bonchev–Trinajstić information content (AvgIpc) is 2.50. The van der Waals surface area contributed by atoms with Crippen molar-refractivity contribution >= 4 is 40.7 Å². The molecule has 1 aromatic rings. The Labute approximate surface area is 147 Å². The molecule has 128 valence electrons. The highest BCUT2D eigenvalue weighted by atomic mass is 35.5. The van der Waals surface area contributed by atoms with Gasteiger partial charge >= 0.3 is 0 Å². The fourth-order valence-corrected chi connectivity index (χ4v) is 2.59. The number of benzene rings is 1. The minimum Gasteiger partial charge on any atom is -0.342 e. The van der Waals surface area contributed by atoms with Gasteiger partial charge in [-0.05, 0) is 33.0 Å². The molecule has 23 heavy (non-hydrogen) atoms. The maximum absolute atomic E-state index is 12.0. The van der Waals surface area contributed by atoms with E-state index in [1.54, 1.807) is 23.1 Å². The van der Waals surface area contributed by atoms with Crippen molar-refractivity contribution in [3.63, 3.8) is 0 Å². The number of rotatable bonds is 8. The van der Waals surface area contributed by atoms with Crippen LogP contribution >= 0.6 is 23.2 Å². The maximum atomic E-state index is 12.0. The molecule has 0 bridgehead atoms. The molecule has 0 fully saturated rings. The van der Waals surface area contributed by atoms with E-state index in [-0.39, 0.29) is 18.2 Å². The zero-order valence-corrected chi connectivity index (χ0v) is 15.2. The van der Waals surface area contributed by atoms with Gasteiger partial charge in [-0.1, -0.05) is 29.3 Å². The van der Waals surface area contributed by atoms with E-state index in [2.05, 4.69) is 5.32 Å². The van der Waals surface area contributed by atoms with Gasteiger partial charge in [0.2, 0.25) is 11.8 Å². The Bertz CT molecular complexity index is 528. The van der Waals surface area contributed by atoms with Crippen LogP contribution < -0.4 is 5.32 Å². The number of nitrogens with one attached hydrogen (secondary N) is 1. The summed E-state index contributed by atoms with van der Waals surface area (Å²) in [5.41, 5.74) is 0.419. The lowest BCUT2D eigenvalue weighted by molar-refractivity contribution is -0.132. The van der Waals surface area contributed by atoms with Crippen LogP contribution in [0.3, 0.4) is 0 Å². The first-order valence-electron chi connectivity index (χ1n) is 7.59. The molecule has 1 aromatic carbocycles. The summed E-state index contributed by atoms with van der Waals surface area (Å²) in [6.45, 7) is 6.04. The van der Waals surface area contributed by atoms with Crippen molar-refractivity contribution in [2.45, 2.75) is 20.3 Å². The number of halogens is 2. The molecular weight excluding hydrogens is 337 g/mol. The van der Waals surface area contributed by atoms with Crippen LogP contribution in [-0.4, -0.2) is 54.8 Å². The Balaban J connectivity index is 2.45. The molecule has 0 aliphatic heterocycles. The van der Waals surface area contributed by atoms with Crippen LogP contribution in [0.25, 0.3) is 0 Å². The number of anilines is 1. The summed E-state index contributed by atoms with van der Waals surface area (Å²) in [7, 11) is 1.82. The number of hydrogen-bond donors (Lipinski definition) is 1. The van der Waals surface area contributed by atoms with E-state index in [0.29, 0.717) is 41.9 Å². The van der Waals surface area contributed by atoms with Gasteiger partial charge in [-0.3, -0.25) is 14.5 Å². The number of para-hydroxylation sites is 1. The highest BCUT2D eigenvalue weighted by molar-refractivity contribution is 6.39. The molecule has 0 atom stereocenters. The number of nitrogens with zero attached hydrogens (tertiary/aromatic N) is 2. The lowest BCUT2D eigenvalue weighted by Crippen LogP contribution is -2.39. The van der Waals surface area contributed by atoms with E-state index in [1.165, 1.54) is 0 Å². The van der Waals surface area contributed by atoms with E-state index in [9.17, 15) is 9.59 Å². The molecule has 5 nitrogen and oxygen atoms in total. The smallest absolute Gasteiger partial charge is 0.236 e. The van der Waals surface area contributed by atoms with Crippen LogP contribution in [0.15, 0.2) is 18.2 Å². The molecule has 0 heterocycles. The number of carbonyl (C=O) groups excluding carboxylic acids is 2. The third-order valence-electron chi connectivity index (χ3n) is 3.47. The van der Waals surface area contributed by atoms with E-state index >= 15 is 0 Å². The van der Waals surface area contributed by atoms with Crippen molar-refractivity contribution in [1.82, 2.24) is 9.80 Å². The Hall–Kier alpha value is -1.30. The summed E-state index contributed by atoms with van der Waals surface area (Å²) in [4.78, 5) is 27.6. The lowest BCUT2D eigenvalue weighted by atomic mass is 10.3. The van der Waals surface area contributed by atoms with Crippen LogP contribution in [0.2, 0.25) is 10.0 Å². The second-order valence-corrected chi connectivity index (χ2v) is 6.01. The van der Waals surface area contributed by atoms with E-state index < -0.39 is 0 Å². The van der Waals surface area contributed by atoms with Gasteiger partial charge in [-0.15, -0.1) is 0 Å². The maximum Gasteiger partial charge on any atom is 0.236 e. The molecule has 0 aliphatic rings. The molecule has 1 N–H and O–H groups in total. The summed E-state index contributed by atoms with van der Waals surface area (Å²) in [6, 6.07) is 5.04. The number of likely N-dealkylation sites (N-methyl/N-ethyl adjacent to an activating group) is 2. The monoisotopic (exact) mass is 359 g/mol. The Morgan fingerprint density at radius 3 is 2.22 bits per heavy atom. The van der Waals surface area contributed by atoms with Crippen molar-refractivity contribution in [1.29, 1.82) is 0 Å². The summed E-state index contributed by atoms with van der Waals surface area (Å²) in [6.07, 6.45) is 0.254. The Morgan fingerprint density at radius 1 is 1.13 bits per heavy atom. The van der Waals surface area contributed by atoms with Crippen molar-refractivity contribution in [2.75, 3.05) is 38.5 Å². The molecule has 0 saturated carbocycles. The molecule has 7 heteroatoms. The predicted molar refractivity (Wildman–Crippen MR) is 95.1 cm³/mol. The first-order chi connectivity index (χ1) is 10.9. The fraction of sp³-hybridized carbons (Fsp3) is 0.500. The summed E-state index contributed by atoms with van der Waals surface area (Å²) in [5, 5.41) is 3.51. The SMILES string of the molecule is CCN(CC)C(=O)CN(C)CCC(=O)Nc1c(Cl)cccc1Cl. The molecule has 0 saturated heterocycles. The Morgan fingerprint density at radius 2 is 1.70 bits per heavy atom. The second kappa shape index (κ2) is 9.75. The predicted octanol–water partition coefficient (Wildman–Crippen LogP) is 3.12. The molecule has 0 unspecified atom stereocenters. The number of amides is 2. The first kappa shape index (κ1) is 19.7. The fourth-order valence-electron chi connectivity index (χ4n) is 2.10. The zero-order chi connectivity index (χ0) is 17.4. The number of hydrogen-bond acceptors (Lipinski definition) is 3. The van der Waals surface area contributed by atoms with E-state index in [1.807, 2.05) is 25.8 Å². The molecule has 0 aliphatic carbocycles. The molecule has 0 aromatic heterocycles. The van der Waals surface area contributed by atoms with Crippen LogP contribution in [0.4, 0.5) is 5.69 Å². The van der Waals surface area contributed by atoms with Crippen molar-refractivity contribution in [2.24, 2.45) is 0 Å². The van der Waals surface area contributed by atoms with Gasteiger partial charge in [-0.2, -0.15) is 0 Å². The van der Waals surface area contributed by atoms with Gasteiger partial charge in [0.25, 0.3) is 0 Å². The molecule has 0 spiro atoms. The van der Waals surface area contributed by atoms with Gasteiger partial charge in [-0.25, -0.2) is 0 Å². The van der Waals surface area contributed by atoms with E-state index in [0.717, 1.165) is 0 Å². The largest absolute Gasteiger partial charge is 0.342 e. The van der Waals surface area contributed by atoms with Crippen LogP contribution in [0, 0.1) is 0 Å². The second-order valence-electron chi connectivity index (χ2n) is 5.20. The van der Waals surface area contributed by atoms with Crippen LogP contribution in [0.1, 0.15) is 20.3 Å². The molecular formula is C16H23Cl2N3O2. The summed E-state index contributed by atoms with van der Waals surface area (Å²) in [5.74, 6) is -0.130. The van der Waals surface area contributed by atoms with E-state index in [4.69, 9.17) is 23.2 Å². The highest BCUT2D eigenvalue weighted by Crippen LogP contribution is 2.29. The first-order valence-corrected chi connectivity index (χ1v) is 8.34. The summed E-state index contributed by atoms with van der Waals surface area (Å²) < 4.78 is 0. The average molecular weight is 360 g/mol. The van der Waals surface area contributed by atoms with Crippen molar-refractivity contribution in [3.05, 3.63) is 28.2 Å². The lowest BCUT2D eigenvalue weighted by Gasteiger charge is -2.22. The van der Waals surface area contributed by atoms with Gasteiger partial charge in [0.15, 0.2) is 0 Å². The topological polar surface area (TPSA) is 52.7 Å². The van der Waals surface area contributed by atoms with Gasteiger partial charge in [0, 0.05) is 26.1 Å². The van der Waals surface area contributed by atoms with Crippen molar-refractivity contribution < 1.29 is 9.59 Å². The third-order valence-corrected chi connectivity index (χ3v) is 4.10. The third kappa shape index (κ3) is 6.37. The van der Waals surface area contributed by atoms with Gasteiger partial charge in [0.05, 0.1) is 22.3 Å². The number of carbonyl (C=O) groups is 2. The Kier molecular flexibility index (Phi) is 8.37. The quantitative estimate of drug-likeness (QED) is 0.775. The standard InChI is InChI=1S/C16H23Cl2N3O2/c1-4-21(5-2)15(23)11-20(3)10-9-14(22)19-16-12(17)7-6-8-13(16)18/h6-8H,4-5,9-11H2,1-3H3,(H,19,22). The summed E-state index contributed by atoms with van der Waals surface area (Å²) >= 11 is 12.0. The highest BCUT2D eigenvalue weighted by Gasteiger charge is 2.14. The van der Waals surface area contributed by atoms with Crippen molar-refractivity contribution in [3.8, 4) is 0 Å². The normalized spacial score (nSPS) is 10.7. The molecule has 0 radical (unpaired) electrons. The zero-order valence-electron chi connectivity index (χ0n) is 13.7. The van der Waals surface area contributed by atoms with Crippen LogP contribution in [0.5, 0.6) is 0 Å². The van der Waals surface area contributed by atoms with Gasteiger partial charge < -0.3 is 10.2 Å². The minimum absolute atomic E-state index is 0.0621. The minimum atomic E-state index is -0.192.